The highest BCUT2D eigenvalue weighted by atomic mass is 16.4. The molecule has 3 aromatic carbocycles. The molecule has 0 atom stereocenters. The third-order valence-corrected chi connectivity index (χ3v) is 7.14. The number of carbonyl (C=O) groups is 4. The lowest BCUT2D eigenvalue weighted by Crippen LogP contribution is -2.38. The molecular formula is C32H32N2O6. The normalized spacial score (nSPS) is 15.4. The van der Waals surface area contributed by atoms with Gasteiger partial charge in [0.15, 0.2) is 5.78 Å². The molecule has 1 fully saturated rings. The fraction of sp³-hybridized carbons (Fsp3) is 0.250. The number of fused-ring (bicyclic) bond motifs is 1. The first-order valence-electron chi connectivity index (χ1n) is 13.2. The number of rotatable bonds is 8. The summed E-state index contributed by atoms with van der Waals surface area (Å²) in [5.74, 6) is -1.72. The van der Waals surface area contributed by atoms with Crippen LogP contribution in [0.15, 0.2) is 91.0 Å². The summed E-state index contributed by atoms with van der Waals surface area (Å²) >= 11 is 0. The molecule has 5 rings (SSSR count). The average molecular weight is 541 g/mol. The molecule has 0 aliphatic carbocycles. The molecule has 0 saturated carbocycles. The van der Waals surface area contributed by atoms with E-state index >= 15 is 0 Å². The molecule has 0 spiro atoms. The second-order valence-electron chi connectivity index (χ2n) is 9.92. The maximum absolute atomic E-state index is 13.0. The number of amides is 1. The van der Waals surface area contributed by atoms with Crippen molar-refractivity contribution in [1.29, 1.82) is 0 Å². The van der Waals surface area contributed by atoms with Crippen LogP contribution < -0.4 is 0 Å². The molecule has 206 valence electrons. The van der Waals surface area contributed by atoms with Gasteiger partial charge in [-0.05, 0) is 49.0 Å². The maximum atomic E-state index is 13.0. The van der Waals surface area contributed by atoms with Crippen LogP contribution in [0, 0.1) is 5.92 Å². The molecule has 2 aliphatic heterocycles. The molecule has 0 aromatic heterocycles. The summed E-state index contributed by atoms with van der Waals surface area (Å²) in [6, 6.07) is 25.4. The highest BCUT2D eigenvalue weighted by molar-refractivity contribution is 6.09. The summed E-state index contributed by atoms with van der Waals surface area (Å²) in [6.07, 6.45) is 3.27. The second kappa shape index (κ2) is 13.5. The average Bonchev–Trinajstić information content (AvgIpc) is 3.28. The molecule has 0 unspecified atom stereocenters. The zero-order valence-electron chi connectivity index (χ0n) is 22.1. The highest BCUT2D eigenvalue weighted by Crippen LogP contribution is 2.27. The van der Waals surface area contributed by atoms with Crippen LogP contribution >= 0.6 is 0 Å². The summed E-state index contributed by atoms with van der Waals surface area (Å²) < 4.78 is 0. The van der Waals surface area contributed by atoms with Gasteiger partial charge in [0.05, 0.1) is 0 Å². The number of hydrogen-bond acceptors (Lipinski definition) is 5. The quantitative estimate of drug-likeness (QED) is 0.319. The summed E-state index contributed by atoms with van der Waals surface area (Å²) in [5, 5.41) is 15.6. The number of likely N-dealkylation sites (tertiary alicyclic amines) is 1. The molecule has 1 saturated heterocycles. The number of aliphatic carboxylic acids is 2. The summed E-state index contributed by atoms with van der Waals surface area (Å²) in [7, 11) is 0. The predicted octanol–water partition coefficient (Wildman–Crippen LogP) is 4.50. The Morgan fingerprint density at radius 1 is 0.800 bits per heavy atom. The van der Waals surface area contributed by atoms with Gasteiger partial charge in [0.2, 0.25) is 0 Å². The molecule has 1 amide bonds. The molecule has 2 aliphatic rings. The van der Waals surface area contributed by atoms with E-state index in [2.05, 4.69) is 17.0 Å². The van der Waals surface area contributed by atoms with Gasteiger partial charge in [-0.3, -0.25) is 14.5 Å². The number of nitrogens with zero attached hydrogens (tertiary/aromatic N) is 2. The molecule has 8 heteroatoms. The lowest BCUT2D eigenvalue weighted by Gasteiger charge is -2.34. The Bertz CT molecular complexity index is 1380. The molecular weight excluding hydrogens is 508 g/mol. The highest BCUT2D eigenvalue weighted by Gasteiger charge is 2.30. The van der Waals surface area contributed by atoms with Gasteiger partial charge in [-0.15, -0.1) is 0 Å². The molecule has 3 aromatic rings. The predicted molar refractivity (Wildman–Crippen MR) is 150 cm³/mol. The number of carbonyl (C=O) groups excluding carboxylic acids is 2. The van der Waals surface area contributed by atoms with Gasteiger partial charge in [0.25, 0.3) is 5.91 Å². The topological polar surface area (TPSA) is 115 Å². The van der Waals surface area contributed by atoms with Crippen molar-refractivity contribution in [2.45, 2.75) is 25.9 Å². The fourth-order valence-electron chi connectivity index (χ4n) is 5.11. The van der Waals surface area contributed by atoms with Gasteiger partial charge in [-0.25, -0.2) is 9.59 Å². The van der Waals surface area contributed by atoms with Crippen molar-refractivity contribution in [2.75, 3.05) is 19.6 Å². The first-order valence-corrected chi connectivity index (χ1v) is 13.2. The minimum atomic E-state index is -1.26. The van der Waals surface area contributed by atoms with Crippen molar-refractivity contribution in [3.05, 3.63) is 119 Å². The summed E-state index contributed by atoms with van der Waals surface area (Å²) in [6.45, 7) is 4.35. The van der Waals surface area contributed by atoms with Crippen LogP contribution in [0.1, 0.15) is 50.2 Å². The second-order valence-corrected chi connectivity index (χ2v) is 9.92. The molecule has 0 radical (unpaired) electrons. The van der Waals surface area contributed by atoms with E-state index in [9.17, 15) is 19.2 Å². The monoisotopic (exact) mass is 540 g/mol. The van der Waals surface area contributed by atoms with Crippen molar-refractivity contribution >= 4 is 23.6 Å². The molecule has 2 N–H and O–H groups in total. The van der Waals surface area contributed by atoms with E-state index in [0.717, 1.165) is 73.4 Å². The number of hydrogen-bond donors (Lipinski definition) is 2. The largest absolute Gasteiger partial charge is 0.478 e. The Morgan fingerprint density at radius 2 is 1.40 bits per heavy atom. The Kier molecular flexibility index (Phi) is 9.59. The molecule has 2 heterocycles. The van der Waals surface area contributed by atoms with Gasteiger partial charge in [0.1, 0.15) is 0 Å². The van der Waals surface area contributed by atoms with Crippen LogP contribution in [0.2, 0.25) is 0 Å². The number of benzene rings is 3. The fourth-order valence-corrected chi connectivity index (χ4v) is 5.11. The van der Waals surface area contributed by atoms with Crippen molar-refractivity contribution in [3.63, 3.8) is 0 Å². The van der Waals surface area contributed by atoms with Crippen LogP contribution in [-0.2, 0) is 22.7 Å². The molecule has 0 bridgehead atoms. The molecule has 8 nitrogen and oxygen atoms in total. The van der Waals surface area contributed by atoms with Crippen LogP contribution in [0.4, 0.5) is 0 Å². The van der Waals surface area contributed by atoms with Gasteiger partial charge >= 0.3 is 11.9 Å². The lowest BCUT2D eigenvalue weighted by atomic mass is 9.94. The van der Waals surface area contributed by atoms with E-state index < -0.39 is 11.9 Å². The standard InChI is InChI=1S/C28H28N2O2.C4H4O4/c31-27(22-8-2-1-3-9-22)25-12-6-4-10-23(25)19-29-16-14-21(15-17-29)18-30-20-24-11-5-7-13-26(24)28(30)32;5-3(6)1-2-4(7)8/h1-13,21H,14-20H2;1-2H,(H,5,6)(H,7,8)/b;2-1+. The van der Waals surface area contributed by atoms with Gasteiger partial charge in [0, 0.05) is 48.5 Å². The van der Waals surface area contributed by atoms with E-state index in [0.29, 0.717) is 18.1 Å². The maximum Gasteiger partial charge on any atom is 0.328 e. The van der Waals surface area contributed by atoms with Crippen LogP contribution in [0.5, 0.6) is 0 Å². The van der Waals surface area contributed by atoms with Crippen LogP contribution in [0.3, 0.4) is 0 Å². The van der Waals surface area contributed by atoms with Crippen LogP contribution in [0.25, 0.3) is 0 Å². The van der Waals surface area contributed by atoms with Crippen molar-refractivity contribution < 1.29 is 29.4 Å². The zero-order chi connectivity index (χ0) is 28.5. The SMILES string of the molecule is O=C(O)/C=C/C(=O)O.O=C(c1ccccc1)c1ccccc1CN1CCC(CN2Cc3ccccc3C2=O)CC1. The van der Waals surface area contributed by atoms with Crippen molar-refractivity contribution in [3.8, 4) is 0 Å². The Balaban J connectivity index is 0.000000406. The smallest absolute Gasteiger partial charge is 0.328 e. The summed E-state index contributed by atoms with van der Waals surface area (Å²) in [4.78, 5) is 49.3. The van der Waals surface area contributed by atoms with Gasteiger partial charge < -0.3 is 15.1 Å². The zero-order valence-corrected chi connectivity index (χ0v) is 22.1. The number of carboxylic acids is 2. The summed E-state index contributed by atoms with van der Waals surface area (Å²) in [5.41, 5.74) is 4.63. The number of ketones is 1. The minimum Gasteiger partial charge on any atom is -0.478 e. The van der Waals surface area contributed by atoms with Gasteiger partial charge in [-0.2, -0.15) is 0 Å². The first kappa shape index (κ1) is 28.4. The lowest BCUT2D eigenvalue weighted by molar-refractivity contribution is -0.134. The third-order valence-electron chi connectivity index (χ3n) is 7.14. The van der Waals surface area contributed by atoms with E-state index in [1.165, 1.54) is 0 Å². The molecule has 40 heavy (non-hydrogen) atoms. The van der Waals surface area contributed by atoms with E-state index in [4.69, 9.17) is 10.2 Å². The first-order chi connectivity index (χ1) is 19.3. The van der Waals surface area contributed by atoms with E-state index in [1.54, 1.807) is 0 Å². The number of piperidine rings is 1. The van der Waals surface area contributed by atoms with E-state index in [-0.39, 0.29) is 11.7 Å². The van der Waals surface area contributed by atoms with Gasteiger partial charge in [-0.1, -0.05) is 72.8 Å². The minimum absolute atomic E-state index is 0.0863. The van der Waals surface area contributed by atoms with Crippen LogP contribution in [-0.4, -0.2) is 63.3 Å². The van der Waals surface area contributed by atoms with Crippen molar-refractivity contribution in [1.82, 2.24) is 9.80 Å². The Labute approximate surface area is 233 Å². The van der Waals surface area contributed by atoms with Crippen molar-refractivity contribution in [2.24, 2.45) is 5.92 Å². The third kappa shape index (κ3) is 7.51. The Morgan fingerprint density at radius 3 is 2.05 bits per heavy atom. The van der Waals surface area contributed by atoms with E-state index in [1.807, 2.05) is 71.6 Å². The number of carboxylic acid groups (broad SMARTS) is 2. The Hall–Kier alpha value is -4.56.